The SMILES string of the molecule is CC1(C)[C@H]2CC[C@@]1(C)[C@H](OC(=O)CCS(=O)(=O)C1CCCC1)C2. The van der Waals surface area contributed by atoms with Gasteiger partial charge >= 0.3 is 5.97 Å². The predicted molar refractivity (Wildman–Crippen MR) is 89.8 cm³/mol. The van der Waals surface area contributed by atoms with E-state index in [2.05, 4.69) is 20.8 Å². The lowest BCUT2D eigenvalue weighted by Gasteiger charge is -2.38. The molecular weight excluding hydrogens is 312 g/mol. The van der Waals surface area contributed by atoms with Crippen LogP contribution < -0.4 is 0 Å². The molecule has 132 valence electrons. The molecule has 3 atom stereocenters. The lowest BCUT2D eigenvalue weighted by Crippen LogP contribution is -2.38. The highest BCUT2D eigenvalue weighted by Gasteiger charge is 2.62. The smallest absolute Gasteiger partial charge is 0.307 e. The predicted octanol–water partition coefficient (Wildman–Crippen LogP) is 3.49. The average molecular weight is 343 g/mol. The molecule has 3 aliphatic carbocycles. The van der Waals surface area contributed by atoms with Gasteiger partial charge in [0, 0.05) is 5.41 Å². The summed E-state index contributed by atoms with van der Waals surface area (Å²) in [5.74, 6) is 0.237. The van der Waals surface area contributed by atoms with Gasteiger partial charge in [0.25, 0.3) is 0 Å². The van der Waals surface area contributed by atoms with E-state index in [0.717, 1.165) is 38.5 Å². The van der Waals surface area contributed by atoms with Crippen molar-refractivity contribution in [3.8, 4) is 0 Å². The first kappa shape index (κ1) is 17.2. The van der Waals surface area contributed by atoms with Crippen LogP contribution in [0.25, 0.3) is 0 Å². The van der Waals surface area contributed by atoms with Crippen molar-refractivity contribution in [2.75, 3.05) is 5.75 Å². The lowest BCUT2D eigenvalue weighted by molar-refractivity contribution is -0.156. The second kappa shape index (κ2) is 5.75. The molecule has 0 heterocycles. The first-order valence-corrected chi connectivity index (χ1v) is 10.8. The Morgan fingerprint density at radius 3 is 2.30 bits per heavy atom. The van der Waals surface area contributed by atoms with E-state index in [1.54, 1.807) is 0 Å². The molecule has 3 fully saturated rings. The largest absolute Gasteiger partial charge is 0.462 e. The van der Waals surface area contributed by atoms with E-state index in [-0.39, 0.29) is 40.3 Å². The zero-order valence-corrected chi connectivity index (χ0v) is 15.5. The molecule has 3 saturated carbocycles. The molecule has 0 saturated heterocycles. The highest BCUT2D eigenvalue weighted by Crippen LogP contribution is 2.66. The first-order valence-electron chi connectivity index (χ1n) is 9.08. The van der Waals surface area contributed by atoms with E-state index in [1.807, 2.05) is 0 Å². The molecule has 0 spiro atoms. The van der Waals surface area contributed by atoms with Crippen LogP contribution in [-0.2, 0) is 19.4 Å². The third kappa shape index (κ3) is 2.83. The molecule has 5 heteroatoms. The molecule has 0 unspecified atom stereocenters. The first-order chi connectivity index (χ1) is 10.7. The maximum absolute atomic E-state index is 12.3. The second-order valence-corrected chi connectivity index (χ2v) is 11.0. The van der Waals surface area contributed by atoms with E-state index in [4.69, 9.17) is 4.74 Å². The van der Waals surface area contributed by atoms with Crippen LogP contribution in [-0.4, -0.2) is 31.5 Å². The number of carbonyl (C=O) groups is 1. The second-order valence-electron chi connectivity index (χ2n) is 8.61. The van der Waals surface area contributed by atoms with Crippen molar-refractivity contribution in [3.63, 3.8) is 0 Å². The number of carbonyl (C=O) groups excluding carboxylic acids is 1. The minimum atomic E-state index is -3.14. The highest BCUT2D eigenvalue weighted by atomic mass is 32.2. The van der Waals surface area contributed by atoms with Crippen molar-refractivity contribution >= 4 is 15.8 Å². The quantitative estimate of drug-likeness (QED) is 0.718. The minimum Gasteiger partial charge on any atom is -0.462 e. The van der Waals surface area contributed by atoms with Crippen LogP contribution in [0.2, 0.25) is 0 Å². The number of hydrogen-bond donors (Lipinski definition) is 0. The Morgan fingerprint density at radius 2 is 1.78 bits per heavy atom. The van der Waals surface area contributed by atoms with Gasteiger partial charge in [0.1, 0.15) is 6.10 Å². The number of rotatable bonds is 5. The van der Waals surface area contributed by atoms with Crippen LogP contribution >= 0.6 is 0 Å². The molecule has 0 radical (unpaired) electrons. The van der Waals surface area contributed by atoms with E-state index in [1.165, 1.54) is 6.42 Å². The van der Waals surface area contributed by atoms with Crippen LogP contribution in [0.3, 0.4) is 0 Å². The number of sulfone groups is 1. The Labute approximate surface area is 140 Å². The monoisotopic (exact) mass is 342 g/mol. The lowest BCUT2D eigenvalue weighted by atomic mass is 9.70. The van der Waals surface area contributed by atoms with Gasteiger partial charge in [-0.05, 0) is 43.4 Å². The van der Waals surface area contributed by atoms with E-state index in [9.17, 15) is 13.2 Å². The molecule has 23 heavy (non-hydrogen) atoms. The Hall–Kier alpha value is -0.580. The molecule has 0 aromatic heterocycles. The van der Waals surface area contributed by atoms with Crippen LogP contribution in [0.5, 0.6) is 0 Å². The summed E-state index contributed by atoms with van der Waals surface area (Å²) in [6.45, 7) is 6.79. The van der Waals surface area contributed by atoms with Gasteiger partial charge in [-0.2, -0.15) is 0 Å². The van der Waals surface area contributed by atoms with E-state index >= 15 is 0 Å². The van der Waals surface area contributed by atoms with Crippen molar-refractivity contribution in [2.24, 2.45) is 16.7 Å². The van der Waals surface area contributed by atoms with Crippen LogP contribution in [0, 0.1) is 16.7 Å². The molecule has 3 rings (SSSR count). The molecule has 4 nitrogen and oxygen atoms in total. The summed E-state index contributed by atoms with van der Waals surface area (Å²) >= 11 is 0. The summed E-state index contributed by atoms with van der Waals surface area (Å²) in [5, 5.41) is -0.228. The normalized spacial score (nSPS) is 36.5. The Balaban J connectivity index is 1.55. The molecule has 3 aliphatic rings. The van der Waals surface area contributed by atoms with Gasteiger partial charge in [-0.1, -0.05) is 33.6 Å². The summed E-state index contributed by atoms with van der Waals surface area (Å²) in [5.41, 5.74) is 0.242. The van der Waals surface area contributed by atoms with Crippen LogP contribution in [0.1, 0.15) is 72.1 Å². The summed E-state index contributed by atoms with van der Waals surface area (Å²) in [7, 11) is -3.14. The third-order valence-corrected chi connectivity index (χ3v) is 9.65. The molecular formula is C18H30O4S. The maximum atomic E-state index is 12.3. The molecule has 0 amide bonds. The molecule has 0 aromatic carbocycles. The van der Waals surface area contributed by atoms with E-state index < -0.39 is 9.84 Å². The summed E-state index contributed by atoms with van der Waals surface area (Å²) in [6, 6.07) is 0. The third-order valence-electron chi connectivity index (χ3n) is 7.39. The van der Waals surface area contributed by atoms with Gasteiger partial charge < -0.3 is 4.74 Å². The zero-order chi connectivity index (χ0) is 16.9. The highest BCUT2D eigenvalue weighted by molar-refractivity contribution is 7.92. The molecule has 0 aliphatic heterocycles. The number of fused-ring (bicyclic) bond motifs is 2. The van der Waals surface area contributed by atoms with Gasteiger partial charge in [0.2, 0.25) is 0 Å². The fraction of sp³-hybridized carbons (Fsp3) is 0.944. The van der Waals surface area contributed by atoms with Crippen molar-refractivity contribution in [2.45, 2.75) is 83.5 Å². The Morgan fingerprint density at radius 1 is 1.13 bits per heavy atom. The fourth-order valence-electron chi connectivity index (χ4n) is 5.17. The van der Waals surface area contributed by atoms with Gasteiger partial charge in [0.15, 0.2) is 9.84 Å². The fourth-order valence-corrected chi connectivity index (χ4v) is 7.00. The van der Waals surface area contributed by atoms with Gasteiger partial charge in [-0.25, -0.2) is 8.42 Å². The molecule has 0 N–H and O–H groups in total. The summed E-state index contributed by atoms with van der Waals surface area (Å²) in [4.78, 5) is 12.2. The summed E-state index contributed by atoms with van der Waals surface area (Å²) in [6.07, 6.45) is 6.72. The molecule has 2 bridgehead atoms. The van der Waals surface area contributed by atoms with Gasteiger partial charge in [0.05, 0.1) is 17.4 Å². The zero-order valence-electron chi connectivity index (χ0n) is 14.6. The van der Waals surface area contributed by atoms with Gasteiger partial charge in [-0.3, -0.25) is 4.79 Å². The molecule has 0 aromatic rings. The number of hydrogen-bond acceptors (Lipinski definition) is 4. The van der Waals surface area contributed by atoms with Gasteiger partial charge in [-0.15, -0.1) is 0 Å². The number of esters is 1. The average Bonchev–Trinajstić information content (AvgIpc) is 3.12. The maximum Gasteiger partial charge on any atom is 0.307 e. The minimum absolute atomic E-state index is 0.0104. The van der Waals surface area contributed by atoms with Crippen molar-refractivity contribution in [1.29, 1.82) is 0 Å². The Kier molecular flexibility index (Phi) is 4.31. The van der Waals surface area contributed by atoms with Crippen molar-refractivity contribution in [3.05, 3.63) is 0 Å². The van der Waals surface area contributed by atoms with Crippen molar-refractivity contribution < 1.29 is 17.9 Å². The van der Waals surface area contributed by atoms with E-state index in [0.29, 0.717) is 5.92 Å². The van der Waals surface area contributed by atoms with Crippen LogP contribution in [0.15, 0.2) is 0 Å². The topological polar surface area (TPSA) is 60.4 Å². The summed E-state index contributed by atoms with van der Waals surface area (Å²) < 4.78 is 30.3. The van der Waals surface area contributed by atoms with Crippen molar-refractivity contribution in [1.82, 2.24) is 0 Å². The van der Waals surface area contributed by atoms with Crippen LogP contribution in [0.4, 0.5) is 0 Å². The standard InChI is InChI=1S/C18H30O4S/c1-17(2)13-8-10-18(17,3)15(12-13)22-16(19)9-11-23(20,21)14-6-4-5-7-14/h13-15H,4-12H2,1-3H3/t13-,15+,18-/m0/s1. The number of ether oxygens (including phenoxy) is 1. The Bertz CT molecular complexity index is 574.